The van der Waals surface area contributed by atoms with Crippen LogP contribution < -0.4 is 10.5 Å². The molecule has 152 valence electrons. The molecule has 2 heterocycles. The number of rotatable bonds is 5. The predicted octanol–water partition coefficient (Wildman–Crippen LogP) is 3.63. The summed E-state index contributed by atoms with van der Waals surface area (Å²) in [5.74, 6) is 0.916. The molecule has 3 aromatic rings. The Balaban J connectivity index is 1.56. The van der Waals surface area contributed by atoms with Gasteiger partial charge in [-0.25, -0.2) is 0 Å². The number of hydrogen-bond donors (Lipinski definition) is 1. The van der Waals surface area contributed by atoms with Gasteiger partial charge in [-0.2, -0.15) is 5.10 Å². The van der Waals surface area contributed by atoms with Gasteiger partial charge in [0.1, 0.15) is 12.3 Å². The van der Waals surface area contributed by atoms with Crippen LogP contribution in [0.5, 0.6) is 5.75 Å². The Morgan fingerprint density at radius 3 is 2.73 bits per heavy atom. The summed E-state index contributed by atoms with van der Waals surface area (Å²) in [6.07, 6.45) is 5.68. The van der Waals surface area contributed by atoms with E-state index in [1.165, 1.54) is 6.42 Å². The maximum atomic E-state index is 12.3. The third-order valence-electron chi connectivity index (χ3n) is 5.95. The average molecular weight is 400 g/mol. The first-order valence-electron chi connectivity index (χ1n) is 10.3. The summed E-state index contributed by atoms with van der Waals surface area (Å²) in [5, 5.41) is 4.51. The molecule has 1 saturated carbocycles. The van der Waals surface area contributed by atoms with E-state index >= 15 is 0 Å². The third kappa shape index (κ3) is 3.23. The number of aliphatic imine (C=N–C) groups is 1. The Morgan fingerprint density at radius 1 is 1.10 bits per heavy atom. The van der Waals surface area contributed by atoms with Gasteiger partial charge in [-0.1, -0.05) is 24.3 Å². The van der Waals surface area contributed by atoms with Crippen LogP contribution in [-0.4, -0.2) is 40.5 Å². The number of hydrogen-bond acceptors (Lipinski definition) is 5. The topological polar surface area (TPSA) is 82.5 Å². The van der Waals surface area contributed by atoms with Gasteiger partial charge >= 0.3 is 0 Å². The predicted molar refractivity (Wildman–Crippen MR) is 117 cm³/mol. The number of benzene rings is 2. The van der Waals surface area contributed by atoms with Crippen LogP contribution in [0, 0.1) is 0 Å². The standard InChI is InChI=1S/C24H24N4O2/c1-28-24(16-4-2-7-18(10-16)30-17-5-3-6-17)21(13-27-28)15-8-9-19-20(11-15)22(12-25)26-14-23(19)29/h2,4,7-11,13,17H,3,5-6,12,14,25H2,1H3. The Hall–Kier alpha value is -3.25. The molecule has 30 heavy (non-hydrogen) atoms. The minimum absolute atomic E-state index is 0.0287. The van der Waals surface area contributed by atoms with Crippen molar-refractivity contribution in [3.8, 4) is 28.1 Å². The third-order valence-corrected chi connectivity index (χ3v) is 5.95. The molecule has 0 spiro atoms. The largest absolute Gasteiger partial charge is 0.490 e. The first kappa shape index (κ1) is 18.8. The van der Waals surface area contributed by atoms with Crippen molar-refractivity contribution in [2.24, 2.45) is 17.8 Å². The Labute approximate surface area is 175 Å². The normalized spacial score (nSPS) is 16.1. The highest BCUT2D eigenvalue weighted by molar-refractivity contribution is 6.16. The first-order chi connectivity index (χ1) is 14.6. The quantitative estimate of drug-likeness (QED) is 0.709. The SMILES string of the molecule is Cn1ncc(-c2ccc3c(c2)C(CN)=NCC3=O)c1-c1cccc(OC2CCC2)c1. The second kappa shape index (κ2) is 7.54. The smallest absolute Gasteiger partial charge is 0.184 e. The molecule has 1 aliphatic carbocycles. The fourth-order valence-electron chi connectivity index (χ4n) is 4.09. The van der Waals surface area contributed by atoms with Gasteiger partial charge in [-0.05, 0) is 43.0 Å². The second-order valence-corrected chi connectivity index (χ2v) is 7.88. The molecule has 1 aliphatic heterocycles. The molecule has 0 radical (unpaired) electrons. The first-order valence-corrected chi connectivity index (χ1v) is 10.3. The van der Waals surface area contributed by atoms with Crippen LogP contribution in [0.2, 0.25) is 0 Å². The molecule has 0 amide bonds. The van der Waals surface area contributed by atoms with E-state index in [0.717, 1.165) is 52.3 Å². The maximum Gasteiger partial charge on any atom is 0.184 e. The van der Waals surface area contributed by atoms with Crippen LogP contribution >= 0.6 is 0 Å². The van der Waals surface area contributed by atoms with Gasteiger partial charge in [0.15, 0.2) is 5.78 Å². The van der Waals surface area contributed by atoms with Crippen molar-refractivity contribution in [2.75, 3.05) is 13.1 Å². The van der Waals surface area contributed by atoms with Gasteiger partial charge in [0, 0.05) is 35.8 Å². The number of aromatic nitrogens is 2. The van der Waals surface area contributed by atoms with E-state index < -0.39 is 0 Å². The van der Waals surface area contributed by atoms with Crippen molar-refractivity contribution in [3.05, 3.63) is 59.8 Å². The summed E-state index contributed by atoms with van der Waals surface area (Å²) in [4.78, 5) is 16.6. The fraction of sp³-hybridized carbons (Fsp3) is 0.292. The lowest BCUT2D eigenvalue weighted by atomic mass is 9.91. The summed E-state index contributed by atoms with van der Waals surface area (Å²) in [5.41, 5.74) is 12.2. The molecule has 0 unspecified atom stereocenters. The lowest BCUT2D eigenvalue weighted by Crippen LogP contribution is -2.24. The Morgan fingerprint density at radius 2 is 1.97 bits per heavy atom. The molecule has 6 heteroatoms. The van der Waals surface area contributed by atoms with E-state index in [0.29, 0.717) is 18.2 Å². The molecule has 1 fully saturated rings. The molecular weight excluding hydrogens is 376 g/mol. The van der Waals surface area contributed by atoms with E-state index in [4.69, 9.17) is 10.5 Å². The van der Waals surface area contributed by atoms with Gasteiger partial charge in [0.2, 0.25) is 0 Å². The second-order valence-electron chi connectivity index (χ2n) is 7.88. The number of aryl methyl sites for hydroxylation is 1. The number of nitrogens with two attached hydrogens (primary N) is 1. The van der Waals surface area contributed by atoms with E-state index in [9.17, 15) is 4.79 Å². The van der Waals surface area contributed by atoms with E-state index in [2.05, 4.69) is 22.2 Å². The average Bonchev–Trinajstić information content (AvgIpc) is 3.12. The van der Waals surface area contributed by atoms with Crippen LogP contribution in [0.15, 0.2) is 53.7 Å². The van der Waals surface area contributed by atoms with Crippen LogP contribution in [0.1, 0.15) is 35.2 Å². The molecule has 0 bridgehead atoms. The minimum Gasteiger partial charge on any atom is -0.490 e. The number of ether oxygens (including phenoxy) is 1. The van der Waals surface area contributed by atoms with Crippen molar-refractivity contribution >= 4 is 11.5 Å². The van der Waals surface area contributed by atoms with Crippen molar-refractivity contribution in [2.45, 2.75) is 25.4 Å². The highest BCUT2D eigenvalue weighted by Crippen LogP contribution is 2.35. The number of ketones is 1. The van der Waals surface area contributed by atoms with Crippen molar-refractivity contribution in [1.29, 1.82) is 0 Å². The summed E-state index contributed by atoms with van der Waals surface area (Å²) >= 11 is 0. The van der Waals surface area contributed by atoms with Gasteiger partial charge in [0.05, 0.1) is 23.7 Å². The van der Waals surface area contributed by atoms with Gasteiger partial charge in [-0.15, -0.1) is 0 Å². The molecule has 2 aliphatic rings. The number of carbonyl (C=O) groups excluding carboxylic acids is 1. The molecule has 0 saturated heterocycles. The monoisotopic (exact) mass is 400 g/mol. The molecule has 2 aromatic carbocycles. The van der Waals surface area contributed by atoms with Crippen LogP contribution in [0.3, 0.4) is 0 Å². The van der Waals surface area contributed by atoms with Crippen molar-refractivity contribution in [3.63, 3.8) is 0 Å². The zero-order chi connectivity index (χ0) is 20.7. The fourth-order valence-corrected chi connectivity index (χ4v) is 4.09. The van der Waals surface area contributed by atoms with Gasteiger partial charge in [0.25, 0.3) is 0 Å². The highest BCUT2D eigenvalue weighted by Gasteiger charge is 2.23. The van der Waals surface area contributed by atoms with Gasteiger partial charge < -0.3 is 10.5 Å². The molecular formula is C24H24N4O2. The number of Topliss-reactive ketones (excluding diaryl/α,β-unsaturated/α-hetero) is 1. The zero-order valence-electron chi connectivity index (χ0n) is 17.0. The summed E-state index contributed by atoms with van der Waals surface area (Å²) in [7, 11) is 1.94. The Bertz CT molecular complexity index is 1160. The molecule has 2 N–H and O–H groups in total. The van der Waals surface area contributed by atoms with E-state index in [1.54, 1.807) is 0 Å². The summed E-state index contributed by atoms with van der Waals surface area (Å²) < 4.78 is 7.97. The van der Waals surface area contributed by atoms with Crippen molar-refractivity contribution < 1.29 is 9.53 Å². The number of carbonyl (C=O) groups is 1. The number of nitrogens with zero attached hydrogens (tertiary/aromatic N) is 3. The molecule has 5 rings (SSSR count). The van der Waals surface area contributed by atoms with E-state index in [1.807, 2.05) is 48.3 Å². The lowest BCUT2D eigenvalue weighted by molar-refractivity contribution is 0.1000. The van der Waals surface area contributed by atoms with Crippen LogP contribution in [-0.2, 0) is 7.05 Å². The molecule has 6 nitrogen and oxygen atoms in total. The number of fused-ring (bicyclic) bond motifs is 1. The lowest BCUT2D eigenvalue weighted by Gasteiger charge is -2.26. The van der Waals surface area contributed by atoms with Crippen LogP contribution in [0.25, 0.3) is 22.4 Å². The molecule has 0 atom stereocenters. The van der Waals surface area contributed by atoms with Gasteiger partial charge in [-0.3, -0.25) is 14.5 Å². The minimum atomic E-state index is 0.0287. The van der Waals surface area contributed by atoms with Crippen LogP contribution in [0.4, 0.5) is 0 Å². The Kier molecular flexibility index (Phi) is 4.71. The zero-order valence-corrected chi connectivity index (χ0v) is 17.0. The van der Waals surface area contributed by atoms with Crippen molar-refractivity contribution in [1.82, 2.24) is 9.78 Å². The highest BCUT2D eigenvalue weighted by atomic mass is 16.5. The summed E-state index contributed by atoms with van der Waals surface area (Å²) in [6.45, 7) is 0.481. The van der Waals surface area contributed by atoms with E-state index in [-0.39, 0.29) is 12.3 Å². The molecule has 1 aromatic heterocycles. The maximum absolute atomic E-state index is 12.3. The summed E-state index contributed by atoms with van der Waals surface area (Å²) in [6, 6.07) is 14.0.